The smallest absolute Gasteiger partial charge is 0.256 e. The predicted octanol–water partition coefficient (Wildman–Crippen LogP) is 5.24. The Hall–Kier alpha value is -3.73. The van der Waals surface area contributed by atoms with Crippen LogP contribution in [0.25, 0.3) is 16.9 Å². The topological polar surface area (TPSA) is 46.9 Å². The fourth-order valence-electron chi connectivity index (χ4n) is 2.97. The number of hydrogen-bond acceptors (Lipinski definition) is 2. The number of halogens is 1. The van der Waals surface area contributed by atoms with E-state index in [2.05, 4.69) is 5.32 Å². The fraction of sp³-hybridized carbons (Fsp3) is 0.0435. The number of hydrogen-bond donors (Lipinski definition) is 1. The first kappa shape index (κ1) is 17.7. The third-order valence-corrected chi connectivity index (χ3v) is 4.37. The summed E-state index contributed by atoms with van der Waals surface area (Å²) in [6, 6.07) is 24.9. The maximum absolute atomic E-state index is 13.1. The molecule has 1 amide bonds. The summed E-state index contributed by atoms with van der Waals surface area (Å²) in [6.07, 6.45) is 0. The van der Waals surface area contributed by atoms with Crippen molar-refractivity contribution in [1.29, 1.82) is 0 Å². The van der Waals surface area contributed by atoms with Crippen molar-refractivity contribution in [3.8, 4) is 16.9 Å². The van der Waals surface area contributed by atoms with Crippen LogP contribution >= 0.6 is 0 Å². The van der Waals surface area contributed by atoms with Crippen LogP contribution in [0.5, 0.6) is 0 Å². The van der Waals surface area contributed by atoms with Gasteiger partial charge in [0, 0.05) is 17.2 Å². The molecule has 5 heteroatoms. The van der Waals surface area contributed by atoms with Gasteiger partial charge in [0.15, 0.2) is 0 Å². The molecule has 0 aliphatic heterocycles. The number of nitrogens with zero attached hydrogens (tertiary/aromatic N) is 2. The summed E-state index contributed by atoms with van der Waals surface area (Å²) in [5.41, 5.74) is 4.05. The van der Waals surface area contributed by atoms with Crippen molar-refractivity contribution in [2.45, 2.75) is 6.92 Å². The lowest BCUT2D eigenvalue weighted by Crippen LogP contribution is -2.15. The van der Waals surface area contributed by atoms with E-state index in [9.17, 15) is 9.18 Å². The number of para-hydroxylation sites is 1. The Kier molecular flexibility index (Phi) is 4.72. The summed E-state index contributed by atoms with van der Waals surface area (Å²) in [7, 11) is 0. The van der Waals surface area contributed by atoms with E-state index in [1.54, 1.807) is 4.68 Å². The molecule has 4 aromatic rings. The van der Waals surface area contributed by atoms with Crippen molar-refractivity contribution in [2.75, 3.05) is 5.32 Å². The number of anilines is 1. The van der Waals surface area contributed by atoms with Crippen molar-refractivity contribution in [1.82, 2.24) is 9.78 Å². The highest BCUT2D eigenvalue weighted by molar-refractivity contribution is 6.04. The largest absolute Gasteiger partial charge is 0.306 e. The quantitative estimate of drug-likeness (QED) is 0.533. The van der Waals surface area contributed by atoms with Gasteiger partial charge >= 0.3 is 0 Å². The first-order valence-corrected chi connectivity index (χ1v) is 8.89. The Labute approximate surface area is 162 Å². The summed E-state index contributed by atoms with van der Waals surface area (Å²) in [6.45, 7) is 2.02. The van der Waals surface area contributed by atoms with E-state index in [0.717, 1.165) is 22.5 Å². The number of nitrogens with one attached hydrogen (secondary N) is 1. The van der Waals surface area contributed by atoms with Gasteiger partial charge in [0.1, 0.15) is 11.6 Å². The molecule has 1 N–H and O–H groups in total. The zero-order valence-electron chi connectivity index (χ0n) is 15.3. The average molecular weight is 371 g/mol. The van der Waals surface area contributed by atoms with Crippen LogP contribution in [0.4, 0.5) is 10.2 Å². The Morgan fingerprint density at radius 2 is 1.68 bits per heavy atom. The number of carbonyl (C=O) groups is 1. The molecule has 0 saturated carbocycles. The second-order valence-electron chi connectivity index (χ2n) is 6.49. The molecule has 138 valence electrons. The Balaban J connectivity index is 1.74. The van der Waals surface area contributed by atoms with Crippen LogP contribution in [0.2, 0.25) is 0 Å². The van der Waals surface area contributed by atoms with Crippen molar-refractivity contribution in [3.63, 3.8) is 0 Å². The molecular formula is C23H18FN3O. The van der Waals surface area contributed by atoms with Gasteiger partial charge in [-0.3, -0.25) is 4.79 Å². The molecule has 3 aromatic carbocycles. The molecule has 1 heterocycles. The molecule has 0 bridgehead atoms. The second kappa shape index (κ2) is 7.48. The molecule has 28 heavy (non-hydrogen) atoms. The highest BCUT2D eigenvalue weighted by Crippen LogP contribution is 2.26. The number of benzene rings is 3. The van der Waals surface area contributed by atoms with E-state index in [4.69, 9.17) is 5.10 Å². The zero-order chi connectivity index (χ0) is 19.5. The summed E-state index contributed by atoms with van der Waals surface area (Å²) >= 11 is 0. The minimum absolute atomic E-state index is 0.326. The standard InChI is InChI=1S/C23H18FN3O/c1-16-6-5-7-18(14-16)21-15-22(27(26-21)20-8-3-2-4-9-20)25-23(28)17-10-12-19(24)13-11-17/h2-15H,1H3,(H,25,28). The molecular weight excluding hydrogens is 353 g/mol. The van der Waals surface area contributed by atoms with Crippen molar-refractivity contribution >= 4 is 11.7 Å². The molecule has 0 fully saturated rings. The van der Waals surface area contributed by atoms with Gasteiger partial charge in [0.2, 0.25) is 0 Å². The molecule has 0 aliphatic carbocycles. The van der Waals surface area contributed by atoms with Gasteiger partial charge < -0.3 is 5.32 Å². The predicted molar refractivity (Wildman–Crippen MR) is 108 cm³/mol. The van der Waals surface area contributed by atoms with E-state index in [0.29, 0.717) is 11.4 Å². The number of amides is 1. The van der Waals surface area contributed by atoms with Gasteiger partial charge in [0.05, 0.1) is 11.4 Å². The minimum atomic E-state index is -0.382. The number of rotatable bonds is 4. The lowest BCUT2D eigenvalue weighted by Gasteiger charge is -2.08. The molecule has 0 atom stereocenters. The fourth-order valence-corrected chi connectivity index (χ4v) is 2.97. The molecule has 0 spiro atoms. The third kappa shape index (κ3) is 3.69. The highest BCUT2D eigenvalue weighted by Gasteiger charge is 2.15. The van der Waals surface area contributed by atoms with Crippen LogP contribution in [0.1, 0.15) is 15.9 Å². The lowest BCUT2D eigenvalue weighted by molar-refractivity contribution is 0.102. The monoisotopic (exact) mass is 371 g/mol. The number of aryl methyl sites for hydroxylation is 1. The van der Waals surface area contributed by atoms with E-state index in [1.807, 2.05) is 67.6 Å². The molecule has 4 rings (SSSR count). The van der Waals surface area contributed by atoms with Crippen LogP contribution in [-0.4, -0.2) is 15.7 Å². The van der Waals surface area contributed by atoms with Crippen LogP contribution in [-0.2, 0) is 0 Å². The summed E-state index contributed by atoms with van der Waals surface area (Å²) in [4.78, 5) is 12.6. The Morgan fingerprint density at radius 1 is 0.929 bits per heavy atom. The molecule has 4 nitrogen and oxygen atoms in total. The maximum atomic E-state index is 13.1. The normalized spacial score (nSPS) is 10.6. The lowest BCUT2D eigenvalue weighted by atomic mass is 10.1. The van der Waals surface area contributed by atoms with Crippen molar-refractivity contribution in [3.05, 3.63) is 102 Å². The maximum Gasteiger partial charge on any atom is 0.256 e. The van der Waals surface area contributed by atoms with Crippen LogP contribution in [0.3, 0.4) is 0 Å². The van der Waals surface area contributed by atoms with E-state index >= 15 is 0 Å². The van der Waals surface area contributed by atoms with Crippen LogP contribution < -0.4 is 5.32 Å². The Bertz CT molecular complexity index is 1120. The number of aromatic nitrogens is 2. The molecule has 0 radical (unpaired) electrons. The molecule has 0 aliphatic rings. The van der Waals surface area contributed by atoms with E-state index in [-0.39, 0.29) is 11.7 Å². The van der Waals surface area contributed by atoms with Crippen molar-refractivity contribution in [2.24, 2.45) is 0 Å². The molecule has 0 saturated heterocycles. The molecule has 1 aromatic heterocycles. The SMILES string of the molecule is Cc1cccc(-c2cc(NC(=O)c3ccc(F)cc3)n(-c3ccccc3)n2)c1. The van der Waals surface area contributed by atoms with E-state index in [1.165, 1.54) is 24.3 Å². The zero-order valence-corrected chi connectivity index (χ0v) is 15.3. The first-order chi connectivity index (χ1) is 13.6. The summed E-state index contributed by atoms with van der Waals surface area (Å²) < 4.78 is 14.8. The van der Waals surface area contributed by atoms with Gasteiger partial charge in [0.25, 0.3) is 5.91 Å². The van der Waals surface area contributed by atoms with Crippen LogP contribution in [0.15, 0.2) is 84.9 Å². The minimum Gasteiger partial charge on any atom is -0.306 e. The Morgan fingerprint density at radius 3 is 2.39 bits per heavy atom. The highest BCUT2D eigenvalue weighted by atomic mass is 19.1. The molecule has 0 unspecified atom stereocenters. The number of carbonyl (C=O) groups excluding carboxylic acids is 1. The van der Waals surface area contributed by atoms with Gasteiger partial charge in [-0.15, -0.1) is 0 Å². The summed E-state index contributed by atoms with van der Waals surface area (Å²) in [5.74, 6) is -0.169. The van der Waals surface area contributed by atoms with Crippen LogP contribution in [0, 0.1) is 12.7 Å². The third-order valence-electron chi connectivity index (χ3n) is 4.37. The van der Waals surface area contributed by atoms with Gasteiger partial charge in [-0.05, 0) is 49.4 Å². The van der Waals surface area contributed by atoms with E-state index < -0.39 is 0 Å². The first-order valence-electron chi connectivity index (χ1n) is 8.89. The van der Waals surface area contributed by atoms with Crippen molar-refractivity contribution < 1.29 is 9.18 Å². The van der Waals surface area contributed by atoms with Gasteiger partial charge in [-0.1, -0.05) is 42.0 Å². The average Bonchev–Trinajstić information content (AvgIpc) is 3.13. The summed E-state index contributed by atoms with van der Waals surface area (Å²) in [5, 5.41) is 7.58. The van der Waals surface area contributed by atoms with Gasteiger partial charge in [-0.2, -0.15) is 5.10 Å². The second-order valence-corrected chi connectivity index (χ2v) is 6.49. The van der Waals surface area contributed by atoms with Gasteiger partial charge in [-0.25, -0.2) is 9.07 Å².